The lowest BCUT2D eigenvalue weighted by Crippen LogP contribution is -2.59. The van der Waals surface area contributed by atoms with Crippen molar-refractivity contribution >= 4 is 0 Å². The van der Waals surface area contributed by atoms with Crippen LogP contribution in [0, 0.1) is 63.0 Å². The number of ether oxygens (including phenoxy) is 4. The SMILES string of the molecule is C[C@@H]1C[C]([C@H](O)C(C)(C)O)O[C]2[C@H]1[C@@]1(C)CC[C@@]34C[C@@]35CCC(O[C@H]3CN(C6CCOCC6)CCO3)C(C)(C)[C@@H]5CC[C]4[C@]1(C)[C@H]2O. The van der Waals surface area contributed by atoms with Crippen LogP contribution >= 0.6 is 0 Å². The van der Waals surface area contributed by atoms with Gasteiger partial charge in [0.15, 0.2) is 6.29 Å². The Kier molecular flexibility index (Phi) is 7.98. The third kappa shape index (κ3) is 4.60. The van der Waals surface area contributed by atoms with Crippen molar-refractivity contribution in [3.05, 3.63) is 18.1 Å². The van der Waals surface area contributed by atoms with E-state index < -0.39 is 17.8 Å². The maximum atomic E-state index is 12.4. The zero-order chi connectivity index (χ0) is 33.4. The smallest absolute Gasteiger partial charge is 0.170 e. The molecule has 5 saturated carbocycles. The summed E-state index contributed by atoms with van der Waals surface area (Å²) in [6, 6.07) is 0.579. The number of aliphatic hydroxyl groups excluding tert-OH is 2. The first-order valence-electron chi connectivity index (χ1n) is 19.0. The third-order valence-electron chi connectivity index (χ3n) is 16.1. The van der Waals surface area contributed by atoms with Gasteiger partial charge in [-0.15, -0.1) is 0 Å². The van der Waals surface area contributed by atoms with E-state index in [2.05, 4.69) is 39.5 Å². The van der Waals surface area contributed by atoms with Crippen LogP contribution in [0.25, 0.3) is 0 Å². The van der Waals surface area contributed by atoms with Gasteiger partial charge in [0.2, 0.25) is 0 Å². The van der Waals surface area contributed by atoms with Crippen LogP contribution < -0.4 is 0 Å². The Labute approximate surface area is 283 Å². The van der Waals surface area contributed by atoms with E-state index in [4.69, 9.17) is 18.9 Å². The number of rotatable bonds is 5. The van der Waals surface area contributed by atoms with Crippen LogP contribution in [-0.2, 0) is 18.9 Å². The summed E-state index contributed by atoms with van der Waals surface area (Å²) in [6.45, 7) is 19.5. The molecular formula is C39H62NO7. The molecule has 3 saturated heterocycles. The molecule has 11 atom stereocenters. The summed E-state index contributed by atoms with van der Waals surface area (Å²) in [4.78, 5) is 2.59. The fraction of sp³-hybridized carbons (Fsp3) is 0.923. The third-order valence-corrected chi connectivity index (χ3v) is 16.1. The molecule has 265 valence electrons. The van der Waals surface area contributed by atoms with Crippen molar-refractivity contribution in [3.8, 4) is 0 Å². The van der Waals surface area contributed by atoms with Crippen molar-refractivity contribution in [2.75, 3.05) is 32.9 Å². The molecule has 8 heteroatoms. The Morgan fingerprint density at radius 3 is 2.47 bits per heavy atom. The zero-order valence-corrected chi connectivity index (χ0v) is 30.1. The van der Waals surface area contributed by atoms with Crippen molar-refractivity contribution in [1.29, 1.82) is 0 Å². The van der Waals surface area contributed by atoms with Gasteiger partial charge >= 0.3 is 0 Å². The molecule has 0 bridgehead atoms. The highest BCUT2D eigenvalue weighted by Gasteiger charge is 2.85. The van der Waals surface area contributed by atoms with Gasteiger partial charge in [-0.05, 0) is 117 Å². The van der Waals surface area contributed by atoms with Crippen molar-refractivity contribution in [1.82, 2.24) is 4.90 Å². The number of aliphatic hydroxyl groups is 3. The maximum Gasteiger partial charge on any atom is 0.170 e. The van der Waals surface area contributed by atoms with Crippen molar-refractivity contribution < 1.29 is 34.3 Å². The van der Waals surface area contributed by atoms with E-state index in [1.54, 1.807) is 19.8 Å². The van der Waals surface area contributed by atoms with E-state index in [0.717, 1.165) is 77.5 Å². The maximum absolute atomic E-state index is 12.4. The molecule has 8 nitrogen and oxygen atoms in total. The number of fused-ring (bicyclic) bond motifs is 4. The van der Waals surface area contributed by atoms with E-state index in [1.165, 1.54) is 19.3 Å². The average Bonchev–Trinajstić information content (AvgIpc) is 3.67. The van der Waals surface area contributed by atoms with E-state index in [0.29, 0.717) is 24.5 Å². The van der Waals surface area contributed by atoms with Crippen LogP contribution in [0.5, 0.6) is 0 Å². The molecule has 8 rings (SSSR count). The summed E-state index contributed by atoms with van der Waals surface area (Å²) in [7, 11) is 0. The molecule has 3 aliphatic heterocycles. The Balaban J connectivity index is 1.01. The van der Waals surface area contributed by atoms with E-state index >= 15 is 0 Å². The molecule has 8 fully saturated rings. The molecule has 3 N–H and O–H groups in total. The number of nitrogens with zero attached hydrogens (tertiary/aromatic N) is 1. The quantitative estimate of drug-likeness (QED) is 0.360. The van der Waals surface area contributed by atoms with Gasteiger partial charge in [0, 0.05) is 43.7 Å². The highest BCUT2D eigenvalue weighted by Crippen LogP contribution is 2.90. The number of hydrogen-bond donors (Lipinski definition) is 3. The molecule has 1 unspecified atom stereocenters. The second-order valence-electron chi connectivity index (χ2n) is 18.8. The molecule has 0 aromatic heterocycles. The summed E-state index contributed by atoms with van der Waals surface area (Å²) in [5, 5.41) is 34.0. The summed E-state index contributed by atoms with van der Waals surface area (Å²) in [6.07, 6.45) is 10.3. The van der Waals surface area contributed by atoms with Gasteiger partial charge < -0.3 is 34.3 Å². The van der Waals surface area contributed by atoms with Crippen LogP contribution in [0.3, 0.4) is 0 Å². The van der Waals surface area contributed by atoms with Gasteiger partial charge in [0.1, 0.15) is 18.3 Å². The molecule has 8 aliphatic rings. The summed E-state index contributed by atoms with van der Waals surface area (Å²) >= 11 is 0. The lowest BCUT2D eigenvalue weighted by Gasteiger charge is -2.63. The lowest BCUT2D eigenvalue weighted by atomic mass is 9.41. The lowest BCUT2D eigenvalue weighted by molar-refractivity contribution is -0.247. The molecule has 0 amide bonds. The molecule has 5 aliphatic carbocycles. The average molecular weight is 657 g/mol. The normalized spacial score (nSPS) is 50.2. The molecule has 3 heterocycles. The predicted molar refractivity (Wildman–Crippen MR) is 177 cm³/mol. The number of morpholine rings is 1. The monoisotopic (exact) mass is 656 g/mol. The van der Waals surface area contributed by atoms with Gasteiger partial charge in [-0.3, -0.25) is 4.90 Å². The minimum absolute atomic E-state index is 0.0466. The molecule has 2 spiro atoms. The van der Waals surface area contributed by atoms with Crippen molar-refractivity contribution in [2.24, 2.45) is 44.8 Å². The Morgan fingerprint density at radius 2 is 1.74 bits per heavy atom. The van der Waals surface area contributed by atoms with E-state index in [-0.39, 0.29) is 51.3 Å². The first-order chi connectivity index (χ1) is 22.1. The Bertz CT molecular complexity index is 1200. The van der Waals surface area contributed by atoms with Crippen molar-refractivity contribution in [2.45, 2.75) is 149 Å². The Morgan fingerprint density at radius 1 is 1.00 bits per heavy atom. The second-order valence-corrected chi connectivity index (χ2v) is 18.8. The first kappa shape index (κ1) is 33.8. The zero-order valence-electron chi connectivity index (χ0n) is 30.1. The highest BCUT2D eigenvalue weighted by atomic mass is 16.7. The van der Waals surface area contributed by atoms with Crippen LogP contribution in [0.1, 0.15) is 113 Å². The highest BCUT2D eigenvalue weighted by molar-refractivity contribution is 5.45. The second kappa shape index (κ2) is 11.1. The standard InChI is InChI=1S/C39H62NO7/c1-23-20-25(32(41)35(4,5)43)46-31-30(23)36(6)14-15-39-22-38(39)13-10-28(34(2,3)26(38)8-9-27(39)37(36,7)33(31)42)47-29-21-40(16-19-45-29)24-11-17-44-18-12-24/h23-24,26,28-30,32-33,41-43H,8-22H2,1-7H3/t23-,26+,28?,29+,30+,32+,33+,36-,37-,38-,39+/m1/s1. The Hall–Kier alpha value is -0.320. The minimum atomic E-state index is -1.30. The largest absolute Gasteiger partial charge is 0.389 e. The molecule has 0 aromatic rings. The van der Waals surface area contributed by atoms with Gasteiger partial charge in [0.05, 0.1) is 24.4 Å². The molecular weight excluding hydrogens is 594 g/mol. The number of hydrogen-bond acceptors (Lipinski definition) is 8. The minimum Gasteiger partial charge on any atom is -0.389 e. The van der Waals surface area contributed by atoms with E-state index in [9.17, 15) is 15.3 Å². The summed E-state index contributed by atoms with van der Waals surface area (Å²) in [5.41, 5.74) is -1.25. The van der Waals surface area contributed by atoms with Crippen molar-refractivity contribution in [3.63, 3.8) is 0 Å². The molecule has 0 aromatic carbocycles. The molecule has 3 radical (unpaired) electrons. The van der Waals surface area contributed by atoms with Crippen LogP contribution in [0.4, 0.5) is 0 Å². The van der Waals surface area contributed by atoms with Crippen LogP contribution in [0.2, 0.25) is 0 Å². The first-order valence-corrected chi connectivity index (χ1v) is 19.0. The molecule has 47 heavy (non-hydrogen) atoms. The van der Waals surface area contributed by atoms with Gasteiger partial charge in [-0.1, -0.05) is 34.6 Å². The topological polar surface area (TPSA) is 101 Å². The predicted octanol–water partition coefficient (Wildman–Crippen LogP) is 5.44. The van der Waals surface area contributed by atoms with Crippen LogP contribution in [-0.4, -0.2) is 89.4 Å². The van der Waals surface area contributed by atoms with E-state index in [1.807, 2.05) is 0 Å². The fourth-order valence-electron chi connectivity index (χ4n) is 13.5. The van der Waals surface area contributed by atoms with Gasteiger partial charge in [0.25, 0.3) is 0 Å². The summed E-state index contributed by atoms with van der Waals surface area (Å²) < 4.78 is 25.4. The fourth-order valence-corrected chi connectivity index (χ4v) is 13.5. The van der Waals surface area contributed by atoms with Gasteiger partial charge in [-0.2, -0.15) is 0 Å². The van der Waals surface area contributed by atoms with Gasteiger partial charge in [-0.25, -0.2) is 0 Å². The summed E-state index contributed by atoms with van der Waals surface area (Å²) in [5.74, 6) is 2.56. The van der Waals surface area contributed by atoms with Crippen LogP contribution in [0.15, 0.2) is 0 Å².